The molecule has 0 spiro atoms. The summed E-state index contributed by atoms with van der Waals surface area (Å²) in [6.07, 6.45) is 0. The molecule has 0 saturated carbocycles. The van der Waals surface area contributed by atoms with Gasteiger partial charge < -0.3 is 10.3 Å². The number of nitro benzene ring substituents is 1. The molecule has 1 aromatic carbocycles. The molecule has 2 heterocycles. The number of nitrogens with zero attached hydrogens (tertiary/aromatic N) is 3. The van der Waals surface area contributed by atoms with E-state index in [4.69, 9.17) is 10.3 Å². The summed E-state index contributed by atoms with van der Waals surface area (Å²) in [6, 6.07) is 5.99. The van der Waals surface area contributed by atoms with Crippen LogP contribution in [0.1, 0.15) is 0 Å². The fourth-order valence-electron chi connectivity index (χ4n) is 1.70. The number of hydrogen-bond donors (Lipinski definition) is 1. The van der Waals surface area contributed by atoms with Crippen molar-refractivity contribution < 1.29 is 9.45 Å². The highest BCUT2D eigenvalue weighted by atomic mass is 32.1. The highest BCUT2D eigenvalue weighted by Gasteiger charge is 2.16. The monoisotopic (exact) mass is 288 g/mol. The summed E-state index contributed by atoms with van der Waals surface area (Å²) in [4.78, 5) is 14.4. The second kappa shape index (κ2) is 4.74. The van der Waals surface area contributed by atoms with Crippen molar-refractivity contribution in [3.05, 3.63) is 45.1 Å². The molecule has 100 valence electrons. The maximum Gasteiger partial charge on any atom is 0.271 e. The second-order valence-corrected chi connectivity index (χ2v) is 4.74. The molecule has 0 aliphatic carbocycles. The topological polar surface area (TPSA) is 108 Å². The number of nitro groups is 1. The van der Waals surface area contributed by atoms with Crippen molar-refractivity contribution in [3.8, 4) is 22.8 Å². The lowest BCUT2D eigenvalue weighted by atomic mass is 10.1. The fraction of sp³-hybridized carbons (Fsp3) is 0. The van der Waals surface area contributed by atoms with Crippen LogP contribution in [-0.4, -0.2) is 15.1 Å². The number of nitrogen functional groups attached to an aromatic ring is 1. The van der Waals surface area contributed by atoms with E-state index in [-0.39, 0.29) is 17.3 Å². The zero-order valence-electron chi connectivity index (χ0n) is 10.0. The summed E-state index contributed by atoms with van der Waals surface area (Å²) in [5, 5.41) is 18.3. The number of thiophene rings is 1. The Hall–Kier alpha value is -2.74. The average Bonchev–Trinajstić information content (AvgIpc) is 3.09. The standard InChI is InChI=1S/C12H8N4O3S/c13-10-5-8(16(17)18)1-2-9(10)12-14-11(15-19-12)7-3-4-20-6-7/h1-6H,13H2. The summed E-state index contributed by atoms with van der Waals surface area (Å²) in [5.41, 5.74) is 7.26. The molecule has 0 fully saturated rings. The van der Waals surface area contributed by atoms with E-state index in [1.165, 1.54) is 29.5 Å². The normalized spacial score (nSPS) is 10.6. The summed E-state index contributed by atoms with van der Waals surface area (Å²) in [6.45, 7) is 0. The molecular weight excluding hydrogens is 280 g/mol. The van der Waals surface area contributed by atoms with E-state index in [1.54, 1.807) is 0 Å². The van der Waals surface area contributed by atoms with Crippen molar-refractivity contribution in [1.29, 1.82) is 0 Å². The number of hydrogen-bond acceptors (Lipinski definition) is 7. The van der Waals surface area contributed by atoms with Crippen molar-refractivity contribution in [2.45, 2.75) is 0 Å². The second-order valence-electron chi connectivity index (χ2n) is 3.96. The smallest absolute Gasteiger partial charge is 0.271 e. The van der Waals surface area contributed by atoms with Crippen molar-refractivity contribution in [1.82, 2.24) is 10.1 Å². The molecule has 2 N–H and O–H groups in total. The first-order valence-electron chi connectivity index (χ1n) is 5.56. The van der Waals surface area contributed by atoms with Crippen molar-refractivity contribution in [2.75, 3.05) is 5.73 Å². The molecule has 0 bridgehead atoms. The first-order valence-corrected chi connectivity index (χ1v) is 6.50. The van der Waals surface area contributed by atoms with Crippen LogP contribution in [0.2, 0.25) is 0 Å². The van der Waals surface area contributed by atoms with Crippen LogP contribution < -0.4 is 5.73 Å². The molecule has 0 aliphatic heterocycles. The Bertz CT molecular complexity index is 767. The molecule has 0 saturated heterocycles. The molecule has 2 aromatic heterocycles. The van der Waals surface area contributed by atoms with Gasteiger partial charge in [-0.15, -0.1) is 0 Å². The Kier molecular flexibility index (Phi) is 2.92. The highest BCUT2D eigenvalue weighted by Crippen LogP contribution is 2.29. The van der Waals surface area contributed by atoms with Crippen LogP contribution in [0.5, 0.6) is 0 Å². The minimum Gasteiger partial charge on any atom is -0.398 e. The maximum absolute atomic E-state index is 10.7. The Morgan fingerprint density at radius 3 is 2.85 bits per heavy atom. The summed E-state index contributed by atoms with van der Waals surface area (Å²) in [5.74, 6) is 0.692. The van der Waals surface area contributed by atoms with Crippen LogP contribution in [0, 0.1) is 10.1 Å². The lowest BCUT2D eigenvalue weighted by Gasteiger charge is -1.99. The van der Waals surface area contributed by atoms with Crippen LogP contribution in [0.3, 0.4) is 0 Å². The van der Waals surface area contributed by atoms with Crippen LogP contribution in [0.15, 0.2) is 39.5 Å². The van der Waals surface area contributed by atoms with E-state index in [0.717, 1.165) is 5.56 Å². The molecule has 3 aromatic rings. The fourth-order valence-corrected chi connectivity index (χ4v) is 2.33. The molecule has 3 rings (SSSR count). The number of non-ortho nitro benzene ring substituents is 1. The first kappa shape index (κ1) is 12.3. The molecule has 0 amide bonds. The van der Waals surface area contributed by atoms with Crippen molar-refractivity contribution >= 4 is 22.7 Å². The van der Waals surface area contributed by atoms with Gasteiger partial charge in [0.25, 0.3) is 11.6 Å². The van der Waals surface area contributed by atoms with Gasteiger partial charge in [-0.1, -0.05) is 5.16 Å². The van der Waals surface area contributed by atoms with Crippen LogP contribution in [0.4, 0.5) is 11.4 Å². The Labute approximate surface area is 116 Å². The number of aromatic nitrogens is 2. The van der Waals surface area contributed by atoms with Gasteiger partial charge in [0.05, 0.1) is 16.2 Å². The molecule has 7 nitrogen and oxygen atoms in total. The van der Waals surface area contributed by atoms with Gasteiger partial charge >= 0.3 is 0 Å². The SMILES string of the molecule is Nc1cc([N+](=O)[O-])ccc1-c1nc(-c2ccsc2)no1. The predicted molar refractivity (Wildman–Crippen MR) is 74.1 cm³/mol. The molecule has 0 aliphatic rings. The van der Waals surface area contributed by atoms with E-state index < -0.39 is 4.92 Å². The van der Waals surface area contributed by atoms with Crippen LogP contribution >= 0.6 is 11.3 Å². The lowest BCUT2D eigenvalue weighted by Crippen LogP contribution is -1.94. The number of rotatable bonds is 3. The zero-order valence-corrected chi connectivity index (χ0v) is 10.8. The molecule has 0 atom stereocenters. The van der Waals surface area contributed by atoms with E-state index in [0.29, 0.717) is 11.4 Å². The first-order chi connectivity index (χ1) is 9.65. The molecular formula is C12H8N4O3S. The van der Waals surface area contributed by atoms with Crippen LogP contribution in [0.25, 0.3) is 22.8 Å². The van der Waals surface area contributed by atoms with Gasteiger partial charge in [0.1, 0.15) is 0 Å². The van der Waals surface area contributed by atoms with E-state index in [1.807, 2.05) is 16.8 Å². The Balaban J connectivity index is 1.99. The van der Waals surface area contributed by atoms with Crippen LogP contribution in [-0.2, 0) is 0 Å². The quantitative estimate of drug-likeness (QED) is 0.451. The third kappa shape index (κ3) is 2.12. The van der Waals surface area contributed by atoms with Gasteiger partial charge in [0.2, 0.25) is 5.82 Å². The summed E-state index contributed by atoms with van der Waals surface area (Å²) in [7, 11) is 0. The third-order valence-electron chi connectivity index (χ3n) is 2.68. The van der Waals surface area contributed by atoms with Gasteiger partial charge in [0, 0.05) is 23.1 Å². The summed E-state index contributed by atoms with van der Waals surface area (Å²) >= 11 is 1.53. The van der Waals surface area contributed by atoms with E-state index >= 15 is 0 Å². The number of anilines is 1. The van der Waals surface area contributed by atoms with Gasteiger partial charge in [-0.2, -0.15) is 16.3 Å². The Morgan fingerprint density at radius 1 is 1.35 bits per heavy atom. The third-order valence-corrected chi connectivity index (χ3v) is 3.37. The van der Waals surface area contributed by atoms with E-state index in [9.17, 15) is 10.1 Å². The number of benzene rings is 1. The van der Waals surface area contributed by atoms with Gasteiger partial charge in [0.15, 0.2) is 0 Å². The maximum atomic E-state index is 10.7. The molecule has 8 heteroatoms. The molecule has 20 heavy (non-hydrogen) atoms. The summed E-state index contributed by atoms with van der Waals surface area (Å²) < 4.78 is 5.15. The average molecular weight is 288 g/mol. The minimum atomic E-state index is -0.509. The zero-order chi connectivity index (χ0) is 14.1. The predicted octanol–water partition coefficient (Wildman–Crippen LogP) is 2.96. The largest absolute Gasteiger partial charge is 0.398 e. The molecule has 0 radical (unpaired) electrons. The molecule has 0 unspecified atom stereocenters. The van der Waals surface area contributed by atoms with Gasteiger partial charge in [-0.3, -0.25) is 10.1 Å². The van der Waals surface area contributed by atoms with Crippen molar-refractivity contribution in [2.24, 2.45) is 0 Å². The van der Waals surface area contributed by atoms with Crippen molar-refractivity contribution in [3.63, 3.8) is 0 Å². The number of nitrogens with two attached hydrogens (primary N) is 1. The lowest BCUT2D eigenvalue weighted by molar-refractivity contribution is -0.384. The van der Waals surface area contributed by atoms with Gasteiger partial charge in [-0.05, 0) is 17.5 Å². The highest BCUT2D eigenvalue weighted by molar-refractivity contribution is 7.08. The Morgan fingerprint density at radius 2 is 2.20 bits per heavy atom. The minimum absolute atomic E-state index is 0.0798. The van der Waals surface area contributed by atoms with Gasteiger partial charge in [-0.25, -0.2) is 0 Å². The van der Waals surface area contributed by atoms with E-state index in [2.05, 4.69) is 10.1 Å².